The lowest BCUT2D eigenvalue weighted by Gasteiger charge is -2.43. The molecule has 38 heavy (non-hydrogen) atoms. The molecule has 2 fully saturated rings. The predicted molar refractivity (Wildman–Crippen MR) is 149 cm³/mol. The summed E-state index contributed by atoms with van der Waals surface area (Å²) in [5.74, 6) is 0.592. The molecule has 3 aromatic rings. The van der Waals surface area contributed by atoms with E-state index in [1.807, 2.05) is 46.5 Å². The zero-order chi connectivity index (χ0) is 26.4. The molecule has 1 N–H and O–H groups in total. The molecule has 0 unspecified atom stereocenters. The van der Waals surface area contributed by atoms with Crippen LogP contribution in [0.25, 0.3) is 0 Å². The molecule has 8 nitrogen and oxygen atoms in total. The van der Waals surface area contributed by atoms with E-state index in [0.29, 0.717) is 30.6 Å². The number of rotatable bonds is 5. The molecule has 2 bridgehead atoms. The molecule has 3 aliphatic heterocycles. The number of hydrogen-bond acceptors (Lipinski definition) is 6. The largest absolute Gasteiger partial charge is 0.503 e. The Morgan fingerprint density at radius 2 is 1.68 bits per heavy atom. The van der Waals surface area contributed by atoms with Gasteiger partial charge in [-0.25, -0.2) is 0 Å². The fraction of sp³-hybridized carbons (Fsp3) is 0.448. The number of anilines is 1. The summed E-state index contributed by atoms with van der Waals surface area (Å²) in [4.78, 5) is 32.2. The van der Waals surface area contributed by atoms with Gasteiger partial charge in [-0.3, -0.25) is 19.4 Å². The number of piperazine rings is 1. The summed E-state index contributed by atoms with van der Waals surface area (Å²) in [5, 5.41) is 11.5. The van der Waals surface area contributed by atoms with Crippen LogP contribution in [0.3, 0.4) is 0 Å². The van der Waals surface area contributed by atoms with Gasteiger partial charge in [0.15, 0.2) is 5.75 Å². The number of piperidine rings is 1. The van der Waals surface area contributed by atoms with Gasteiger partial charge >= 0.3 is 0 Å². The average Bonchev–Trinajstić information content (AvgIpc) is 2.91. The fourth-order valence-corrected chi connectivity index (χ4v) is 6.63. The van der Waals surface area contributed by atoms with E-state index in [9.17, 15) is 14.7 Å². The Labute approximate surface area is 227 Å². The average molecular weight is 536 g/mol. The molecule has 6 rings (SSSR count). The number of likely N-dealkylation sites (tertiary alicyclic amines) is 1. The van der Waals surface area contributed by atoms with Gasteiger partial charge < -0.3 is 19.1 Å². The lowest BCUT2D eigenvalue weighted by molar-refractivity contribution is 0.112. The molecular weight excluding hydrogens is 502 g/mol. The van der Waals surface area contributed by atoms with Crippen LogP contribution in [0.1, 0.15) is 29.4 Å². The highest BCUT2D eigenvalue weighted by Crippen LogP contribution is 2.35. The molecule has 0 radical (unpaired) electrons. The second-order valence-corrected chi connectivity index (χ2v) is 11.4. The van der Waals surface area contributed by atoms with Gasteiger partial charge in [0.2, 0.25) is 5.43 Å². The third kappa shape index (κ3) is 4.88. The maximum absolute atomic E-state index is 12.8. The summed E-state index contributed by atoms with van der Waals surface area (Å²) in [6, 6.07) is 15.1. The summed E-state index contributed by atoms with van der Waals surface area (Å²) in [6.45, 7) is 7.11. The van der Waals surface area contributed by atoms with Crippen LogP contribution in [0.4, 0.5) is 5.69 Å². The van der Waals surface area contributed by atoms with Crippen LogP contribution in [-0.2, 0) is 26.7 Å². The van der Waals surface area contributed by atoms with Crippen LogP contribution in [0, 0.1) is 5.92 Å². The number of pyridine rings is 2. The number of hydrogen-bond donors (Lipinski definition) is 1. The van der Waals surface area contributed by atoms with Crippen molar-refractivity contribution in [2.45, 2.75) is 32.0 Å². The quantitative estimate of drug-likeness (QED) is 0.541. The van der Waals surface area contributed by atoms with E-state index >= 15 is 0 Å². The summed E-state index contributed by atoms with van der Waals surface area (Å²) < 4.78 is 3.95. The highest BCUT2D eigenvalue weighted by molar-refractivity contribution is 6.30. The molecule has 1 aromatic carbocycles. The molecule has 3 aliphatic rings. The SMILES string of the molecule is Cn1c(CN2C[C@@H]3C[C@@H](C2)c2cccc(=O)n2C3)cc(=O)c(O)c1CN1CCN(c2ccc(Cl)cc2)CC1. The Balaban J connectivity index is 1.15. The van der Waals surface area contributed by atoms with Gasteiger partial charge in [0.25, 0.3) is 5.56 Å². The minimum atomic E-state index is -0.318. The highest BCUT2D eigenvalue weighted by Gasteiger charge is 2.34. The van der Waals surface area contributed by atoms with E-state index in [-0.39, 0.29) is 16.7 Å². The molecule has 5 heterocycles. The fourth-order valence-electron chi connectivity index (χ4n) is 6.51. The van der Waals surface area contributed by atoms with Crippen LogP contribution in [0.5, 0.6) is 5.75 Å². The van der Waals surface area contributed by atoms with Crippen molar-refractivity contribution in [2.24, 2.45) is 13.0 Å². The second-order valence-electron chi connectivity index (χ2n) is 11.0. The number of aromatic hydroxyl groups is 1. The molecule has 2 saturated heterocycles. The van der Waals surface area contributed by atoms with Crippen LogP contribution in [-0.4, -0.2) is 63.3 Å². The first-order valence-corrected chi connectivity index (χ1v) is 13.8. The molecular formula is C29H34ClN5O3. The Hall–Kier alpha value is -3.07. The molecule has 0 saturated carbocycles. The number of fused-ring (bicyclic) bond motifs is 4. The Bertz CT molecular complexity index is 1440. The van der Waals surface area contributed by atoms with E-state index in [4.69, 9.17) is 11.6 Å². The van der Waals surface area contributed by atoms with Gasteiger partial charge in [-0.1, -0.05) is 17.7 Å². The minimum Gasteiger partial charge on any atom is -0.503 e. The molecule has 200 valence electrons. The Morgan fingerprint density at radius 3 is 2.45 bits per heavy atom. The van der Waals surface area contributed by atoms with Crippen molar-refractivity contribution < 1.29 is 5.11 Å². The third-order valence-electron chi connectivity index (χ3n) is 8.52. The summed E-state index contributed by atoms with van der Waals surface area (Å²) in [6.07, 6.45) is 1.10. The minimum absolute atomic E-state index is 0.0882. The normalized spacial score (nSPS) is 21.9. The monoisotopic (exact) mass is 535 g/mol. The van der Waals surface area contributed by atoms with E-state index in [1.54, 1.807) is 12.1 Å². The van der Waals surface area contributed by atoms with Gasteiger partial charge in [-0.2, -0.15) is 0 Å². The zero-order valence-electron chi connectivity index (χ0n) is 21.7. The summed E-state index contributed by atoms with van der Waals surface area (Å²) >= 11 is 6.04. The smallest absolute Gasteiger partial charge is 0.250 e. The molecule has 0 aliphatic carbocycles. The molecule has 2 aromatic heterocycles. The van der Waals surface area contributed by atoms with Crippen molar-refractivity contribution in [3.63, 3.8) is 0 Å². The Kier molecular flexibility index (Phi) is 6.80. The summed E-state index contributed by atoms with van der Waals surface area (Å²) in [7, 11) is 1.95. The summed E-state index contributed by atoms with van der Waals surface area (Å²) in [5.41, 5.74) is 3.63. The molecule has 0 amide bonds. The molecule has 2 atom stereocenters. The number of benzene rings is 1. The van der Waals surface area contributed by atoms with Crippen LogP contribution in [0.15, 0.2) is 58.1 Å². The van der Waals surface area contributed by atoms with Crippen molar-refractivity contribution in [1.29, 1.82) is 0 Å². The van der Waals surface area contributed by atoms with Crippen LogP contribution >= 0.6 is 11.6 Å². The Morgan fingerprint density at radius 1 is 0.921 bits per heavy atom. The third-order valence-corrected chi connectivity index (χ3v) is 8.77. The number of nitrogens with zero attached hydrogens (tertiary/aromatic N) is 5. The van der Waals surface area contributed by atoms with Gasteiger partial charge in [-0.15, -0.1) is 0 Å². The van der Waals surface area contributed by atoms with Crippen LogP contribution < -0.4 is 15.9 Å². The van der Waals surface area contributed by atoms with Crippen LogP contribution in [0.2, 0.25) is 5.02 Å². The molecule has 0 spiro atoms. The zero-order valence-corrected chi connectivity index (χ0v) is 22.5. The highest BCUT2D eigenvalue weighted by atomic mass is 35.5. The van der Waals surface area contributed by atoms with Gasteiger partial charge in [0.1, 0.15) is 0 Å². The topological polar surface area (TPSA) is 73.9 Å². The first kappa shape index (κ1) is 25.2. The lowest BCUT2D eigenvalue weighted by Crippen LogP contribution is -2.47. The van der Waals surface area contributed by atoms with Crippen molar-refractivity contribution >= 4 is 17.3 Å². The van der Waals surface area contributed by atoms with E-state index < -0.39 is 0 Å². The lowest BCUT2D eigenvalue weighted by atomic mass is 9.83. The number of halogens is 1. The molecule has 9 heteroatoms. The van der Waals surface area contributed by atoms with Crippen molar-refractivity contribution in [2.75, 3.05) is 44.2 Å². The maximum atomic E-state index is 12.8. The first-order valence-electron chi connectivity index (χ1n) is 13.4. The second kappa shape index (κ2) is 10.2. The van der Waals surface area contributed by atoms with Crippen molar-refractivity contribution in [3.05, 3.63) is 91.2 Å². The van der Waals surface area contributed by atoms with Crippen molar-refractivity contribution in [1.82, 2.24) is 18.9 Å². The number of aromatic nitrogens is 2. The standard InChI is InChI=1S/C29H34ClN5O3/c1-31-24(18-33-15-20-13-21(17-33)25-3-2-4-28(37)35(25)16-20)14-27(36)29(38)26(31)19-32-9-11-34(12-10-32)23-7-5-22(30)6-8-23/h2-8,14,20-21,38H,9-13,15-19H2,1H3/t20-,21-/m0/s1. The maximum Gasteiger partial charge on any atom is 0.250 e. The van der Waals surface area contributed by atoms with Gasteiger partial charge in [0.05, 0.1) is 5.69 Å². The van der Waals surface area contributed by atoms with E-state index in [2.05, 4.69) is 20.8 Å². The van der Waals surface area contributed by atoms with Gasteiger partial charge in [0, 0.05) is 106 Å². The van der Waals surface area contributed by atoms with Gasteiger partial charge in [-0.05, 0) is 42.7 Å². The van der Waals surface area contributed by atoms with E-state index in [0.717, 1.165) is 74.3 Å². The first-order chi connectivity index (χ1) is 18.4. The van der Waals surface area contributed by atoms with Crippen molar-refractivity contribution in [3.8, 4) is 5.75 Å². The predicted octanol–water partition coefficient (Wildman–Crippen LogP) is 2.85. The van der Waals surface area contributed by atoms with E-state index in [1.165, 1.54) is 0 Å².